The van der Waals surface area contributed by atoms with Crippen LogP contribution in [0.5, 0.6) is 0 Å². The van der Waals surface area contributed by atoms with Crippen molar-refractivity contribution < 1.29 is 14.1 Å². The lowest BCUT2D eigenvalue weighted by Crippen LogP contribution is -2.18. The predicted octanol–water partition coefficient (Wildman–Crippen LogP) is 5.52. The van der Waals surface area contributed by atoms with Crippen molar-refractivity contribution >= 4 is 46.7 Å². The lowest BCUT2D eigenvalue weighted by Gasteiger charge is -2.11. The van der Waals surface area contributed by atoms with Gasteiger partial charge in [0.1, 0.15) is 22.8 Å². The average Bonchev–Trinajstić information content (AvgIpc) is 3.43. The molecule has 0 saturated carbocycles. The summed E-state index contributed by atoms with van der Waals surface area (Å²) in [4.78, 5) is 24.9. The van der Waals surface area contributed by atoms with Gasteiger partial charge in [-0.1, -0.05) is 52.6 Å². The monoisotopic (exact) mass is 526 g/mol. The van der Waals surface area contributed by atoms with Crippen molar-refractivity contribution in [2.75, 3.05) is 11.1 Å². The highest BCUT2D eigenvalue weighted by Gasteiger charge is 2.23. The normalized spacial score (nSPS) is 12.1. The second kappa shape index (κ2) is 10.0. The number of nitrogens with one attached hydrogen (secondary N) is 1. The number of nitrogen functional groups attached to an aromatic ring is 1. The van der Waals surface area contributed by atoms with Crippen molar-refractivity contribution in [3.8, 4) is 22.5 Å². The molecular formula is C25H24Cl2N6O3. The standard InChI is InChI=1S/C25H24Cl2N6O3/c1-12(2)33-23(28)21(24(29)34)22(31-33)15-6-4-14(5-7-15)13(3)25(35)30-20-11-19(32-36-20)17-9-8-16(26)10-18(17)27/h4-13H,28H2,1-3H3,(H2,29,34)(H,30,35). The topological polar surface area (TPSA) is 142 Å². The highest BCUT2D eigenvalue weighted by atomic mass is 35.5. The molecule has 5 N–H and O–H groups in total. The second-order valence-corrected chi connectivity index (χ2v) is 9.39. The number of aromatic nitrogens is 3. The van der Waals surface area contributed by atoms with E-state index in [-0.39, 0.29) is 29.2 Å². The molecule has 186 valence electrons. The van der Waals surface area contributed by atoms with Crippen molar-refractivity contribution in [2.45, 2.75) is 32.7 Å². The van der Waals surface area contributed by atoms with E-state index in [2.05, 4.69) is 15.6 Å². The van der Waals surface area contributed by atoms with E-state index in [9.17, 15) is 9.59 Å². The molecule has 0 spiro atoms. The van der Waals surface area contributed by atoms with Gasteiger partial charge < -0.3 is 16.0 Å². The van der Waals surface area contributed by atoms with Gasteiger partial charge >= 0.3 is 0 Å². The minimum Gasteiger partial charge on any atom is -0.383 e. The van der Waals surface area contributed by atoms with Gasteiger partial charge in [0.05, 0.1) is 10.9 Å². The number of anilines is 2. The molecule has 2 heterocycles. The number of nitrogens with two attached hydrogens (primary N) is 2. The predicted molar refractivity (Wildman–Crippen MR) is 140 cm³/mol. The molecule has 1 atom stereocenters. The van der Waals surface area contributed by atoms with E-state index in [1.54, 1.807) is 60.1 Å². The SMILES string of the molecule is CC(C(=O)Nc1cc(-c2ccc(Cl)cc2Cl)no1)c1ccc(-c2nn(C(C)C)c(N)c2C(N)=O)cc1. The molecule has 0 saturated heterocycles. The Balaban J connectivity index is 1.51. The van der Waals surface area contributed by atoms with Crippen molar-refractivity contribution in [3.05, 3.63) is 69.7 Å². The molecule has 4 rings (SSSR count). The number of hydrogen-bond acceptors (Lipinski definition) is 6. The Labute approximate surface area is 217 Å². The number of rotatable bonds is 7. The summed E-state index contributed by atoms with van der Waals surface area (Å²) in [5.74, 6) is -1.06. The van der Waals surface area contributed by atoms with Crippen LogP contribution in [0.15, 0.2) is 53.1 Å². The van der Waals surface area contributed by atoms with Crippen LogP contribution in [0, 0.1) is 0 Å². The maximum absolute atomic E-state index is 12.9. The highest BCUT2D eigenvalue weighted by Crippen LogP contribution is 2.32. The summed E-state index contributed by atoms with van der Waals surface area (Å²) >= 11 is 12.2. The Hall–Kier alpha value is -3.82. The fraction of sp³-hybridized carbons (Fsp3) is 0.200. The van der Waals surface area contributed by atoms with Crippen LogP contribution in [-0.4, -0.2) is 26.8 Å². The van der Waals surface area contributed by atoms with Crippen molar-refractivity contribution in [1.29, 1.82) is 0 Å². The highest BCUT2D eigenvalue weighted by molar-refractivity contribution is 6.36. The number of amides is 2. The molecule has 36 heavy (non-hydrogen) atoms. The molecule has 0 aliphatic heterocycles. The van der Waals surface area contributed by atoms with Gasteiger partial charge in [0.2, 0.25) is 11.8 Å². The van der Waals surface area contributed by atoms with E-state index >= 15 is 0 Å². The first-order valence-electron chi connectivity index (χ1n) is 11.1. The molecule has 0 fully saturated rings. The molecule has 0 radical (unpaired) electrons. The third-order valence-electron chi connectivity index (χ3n) is 5.72. The molecule has 4 aromatic rings. The van der Waals surface area contributed by atoms with Gasteiger partial charge in [-0.15, -0.1) is 0 Å². The van der Waals surface area contributed by atoms with Crippen LogP contribution < -0.4 is 16.8 Å². The summed E-state index contributed by atoms with van der Waals surface area (Å²) in [6, 6.07) is 13.7. The van der Waals surface area contributed by atoms with Crippen molar-refractivity contribution in [1.82, 2.24) is 14.9 Å². The minimum absolute atomic E-state index is 0.0489. The third kappa shape index (κ3) is 4.93. The summed E-state index contributed by atoms with van der Waals surface area (Å²) < 4.78 is 6.82. The molecule has 0 bridgehead atoms. The number of carbonyl (C=O) groups excluding carboxylic acids is 2. The molecule has 2 aromatic carbocycles. The molecule has 9 nitrogen and oxygen atoms in total. The number of benzene rings is 2. The fourth-order valence-electron chi connectivity index (χ4n) is 3.76. The molecule has 1 unspecified atom stereocenters. The van der Waals surface area contributed by atoms with Crippen LogP contribution in [0.4, 0.5) is 11.7 Å². The third-order valence-corrected chi connectivity index (χ3v) is 6.27. The maximum atomic E-state index is 12.9. The zero-order valence-electron chi connectivity index (χ0n) is 19.8. The van der Waals surface area contributed by atoms with E-state index in [1.807, 2.05) is 13.8 Å². The lowest BCUT2D eigenvalue weighted by molar-refractivity contribution is -0.117. The smallest absolute Gasteiger partial charge is 0.254 e. The summed E-state index contributed by atoms with van der Waals surface area (Å²) in [5.41, 5.74) is 14.7. The molecule has 2 amide bonds. The Morgan fingerprint density at radius 1 is 1.06 bits per heavy atom. The number of nitrogens with zero attached hydrogens (tertiary/aromatic N) is 3. The first-order valence-corrected chi connectivity index (χ1v) is 11.8. The van der Waals surface area contributed by atoms with Crippen LogP contribution in [0.2, 0.25) is 10.0 Å². The number of hydrogen-bond donors (Lipinski definition) is 3. The van der Waals surface area contributed by atoms with Crippen LogP contribution in [0.1, 0.15) is 48.7 Å². The molecular weight excluding hydrogens is 503 g/mol. The van der Waals surface area contributed by atoms with Gasteiger partial charge in [0.25, 0.3) is 5.91 Å². The Morgan fingerprint density at radius 2 is 1.75 bits per heavy atom. The lowest BCUT2D eigenvalue weighted by atomic mass is 9.97. The van der Waals surface area contributed by atoms with Gasteiger partial charge in [0.15, 0.2) is 0 Å². The second-order valence-electron chi connectivity index (χ2n) is 8.54. The van der Waals surface area contributed by atoms with Crippen LogP contribution >= 0.6 is 23.2 Å². The van der Waals surface area contributed by atoms with E-state index in [4.69, 9.17) is 39.2 Å². The van der Waals surface area contributed by atoms with E-state index in [1.165, 1.54) is 0 Å². The van der Waals surface area contributed by atoms with E-state index in [0.717, 1.165) is 5.56 Å². The molecule has 0 aliphatic carbocycles. The summed E-state index contributed by atoms with van der Waals surface area (Å²) in [5, 5.41) is 12.1. The Morgan fingerprint density at radius 3 is 2.36 bits per heavy atom. The largest absolute Gasteiger partial charge is 0.383 e. The number of primary amides is 1. The van der Waals surface area contributed by atoms with Gasteiger partial charge in [0, 0.05) is 28.3 Å². The fourth-order valence-corrected chi connectivity index (χ4v) is 4.26. The zero-order chi connectivity index (χ0) is 26.1. The molecule has 2 aromatic heterocycles. The Kier molecular flexibility index (Phi) is 7.05. The summed E-state index contributed by atoms with van der Waals surface area (Å²) in [7, 11) is 0. The van der Waals surface area contributed by atoms with Crippen molar-refractivity contribution in [3.63, 3.8) is 0 Å². The van der Waals surface area contributed by atoms with E-state index in [0.29, 0.717) is 32.6 Å². The van der Waals surface area contributed by atoms with Crippen LogP contribution in [-0.2, 0) is 4.79 Å². The van der Waals surface area contributed by atoms with Gasteiger partial charge in [-0.2, -0.15) is 5.10 Å². The number of carbonyl (C=O) groups is 2. The Bertz CT molecular complexity index is 1440. The summed E-state index contributed by atoms with van der Waals surface area (Å²) in [6.45, 7) is 5.57. The zero-order valence-corrected chi connectivity index (χ0v) is 21.3. The maximum Gasteiger partial charge on any atom is 0.254 e. The quantitative estimate of drug-likeness (QED) is 0.289. The van der Waals surface area contributed by atoms with Gasteiger partial charge in [-0.05, 0) is 44.5 Å². The van der Waals surface area contributed by atoms with Crippen molar-refractivity contribution in [2.24, 2.45) is 5.73 Å². The summed E-state index contributed by atoms with van der Waals surface area (Å²) in [6.07, 6.45) is 0. The minimum atomic E-state index is -0.655. The van der Waals surface area contributed by atoms with Gasteiger partial charge in [-0.25, -0.2) is 4.68 Å². The molecule has 0 aliphatic rings. The average molecular weight is 527 g/mol. The number of halogens is 2. The molecule has 11 heteroatoms. The van der Waals surface area contributed by atoms with Gasteiger partial charge in [-0.3, -0.25) is 14.9 Å². The first-order chi connectivity index (χ1) is 17.1. The van der Waals surface area contributed by atoms with Crippen LogP contribution in [0.25, 0.3) is 22.5 Å². The first kappa shape index (κ1) is 25.3. The van der Waals surface area contributed by atoms with Crippen LogP contribution in [0.3, 0.4) is 0 Å². The van der Waals surface area contributed by atoms with E-state index < -0.39 is 11.8 Å².